The first-order valence-electron chi connectivity index (χ1n) is 7.17. The molecule has 1 aliphatic rings. The van der Waals surface area contributed by atoms with Gasteiger partial charge in [0.1, 0.15) is 29.8 Å². The Kier molecular flexibility index (Phi) is 4.32. The fraction of sp³-hybridized carbons (Fsp3) is 0.500. The van der Waals surface area contributed by atoms with Gasteiger partial charge in [-0.25, -0.2) is 0 Å². The smallest absolute Gasteiger partial charge is 0.243 e. The highest BCUT2D eigenvalue weighted by Crippen LogP contribution is 2.14. The van der Waals surface area contributed by atoms with Crippen LogP contribution in [0.5, 0.6) is 0 Å². The van der Waals surface area contributed by atoms with Crippen LogP contribution in [-0.4, -0.2) is 62.6 Å². The molecule has 0 spiro atoms. The van der Waals surface area contributed by atoms with Crippen LogP contribution in [0.25, 0.3) is 11.0 Å². The molecule has 118 valence electrons. The van der Waals surface area contributed by atoms with E-state index in [0.717, 1.165) is 11.0 Å². The lowest BCUT2D eigenvalue weighted by Gasteiger charge is -2.34. The summed E-state index contributed by atoms with van der Waals surface area (Å²) in [6, 6.07) is 6.92. The number of ether oxygens (including phenoxy) is 1. The molecular weight excluding hydrogens is 288 g/mol. The molecule has 8 nitrogen and oxygen atoms in total. The molecule has 3 N–H and O–H groups in total. The summed E-state index contributed by atoms with van der Waals surface area (Å²) in [7, 11) is 0. The van der Waals surface area contributed by atoms with Crippen LogP contribution in [0.15, 0.2) is 24.3 Å². The lowest BCUT2D eigenvalue weighted by molar-refractivity contribution is -0.132. The van der Waals surface area contributed by atoms with E-state index in [-0.39, 0.29) is 19.1 Å². The third-order valence-corrected chi connectivity index (χ3v) is 3.69. The molecule has 0 aliphatic carbocycles. The Morgan fingerprint density at radius 1 is 1.36 bits per heavy atom. The number of aliphatic hydroxyl groups excluding tert-OH is 2. The van der Waals surface area contributed by atoms with Gasteiger partial charge in [0, 0.05) is 6.61 Å². The maximum absolute atomic E-state index is 12.1. The number of hydrogen-bond donors (Lipinski definition) is 3. The predicted octanol–water partition coefficient (Wildman–Crippen LogP) is -0.942. The topological polar surface area (TPSA) is 110 Å². The Labute approximate surface area is 126 Å². The van der Waals surface area contributed by atoms with Crippen LogP contribution in [0.2, 0.25) is 0 Å². The molecule has 0 radical (unpaired) electrons. The Morgan fingerprint density at radius 3 is 2.68 bits per heavy atom. The molecule has 1 saturated heterocycles. The third kappa shape index (κ3) is 3.08. The summed E-state index contributed by atoms with van der Waals surface area (Å²) >= 11 is 0. The summed E-state index contributed by atoms with van der Waals surface area (Å²) in [6.07, 6.45) is -1.09. The average molecular weight is 306 g/mol. The number of carbonyl (C=O) groups is 1. The van der Waals surface area contributed by atoms with Crippen LogP contribution in [-0.2, 0) is 16.1 Å². The van der Waals surface area contributed by atoms with E-state index in [9.17, 15) is 9.90 Å². The number of aliphatic hydroxyl groups is 2. The maximum Gasteiger partial charge on any atom is 0.243 e. The number of carbonyl (C=O) groups excluding carboxylic acids is 1. The standard InChI is InChI=1S/C14H18N4O4/c19-8-12-14(21)11(5-6-22-12)15-13(20)7-18-16-9-3-1-2-4-10(9)17-18/h1-4,11-12,14,19,21H,5-8H2,(H,15,20)/t11-,12+,14-/m0/s1. The van der Waals surface area contributed by atoms with Gasteiger partial charge in [0.15, 0.2) is 0 Å². The molecule has 2 heterocycles. The molecule has 1 fully saturated rings. The molecule has 0 bridgehead atoms. The van der Waals surface area contributed by atoms with Crippen molar-refractivity contribution < 1.29 is 19.7 Å². The molecule has 3 atom stereocenters. The van der Waals surface area contributed by atoms with Crippen molar-refractivity contribution in [2.75, 3.05) is 13.2 Å². The normalized spacial score (nSPS) is 25.3. The first kappa shape index (κ1) is 14.9. The molecule has 22 heavy (non-hydrogen) atoms. The lowest BCUT2D eigenvalue weighted by Crippen LogP contribution is -2.54. The predicted molar refractivity (Wildman–Crippen MR) is 76.9 cm³/mol. The largest absolute Gasteiger partial charge is 0.394 e. The zero-order chi connectivity index (χ0) is 15.5. The molecule has 1 aromatic carbocycles. The number of nitrogens with zero attached hydrogens (tertiary/aromatic N) is 3. The zero-order valence-corrected chi connectivity index (χ0v) is 11.9. The van der Waals surface area contributed by atoms with Crippen LogP contribution in [0.3, 0.4) is 0 Å². The van der Waals surface area contributed by atoms with Gasteiger partial charge >= 0.3 is 0 Å². The van der Waals surface area contributed by atoms with Gasteiger partial charge in [0.05, 0.1) is 12.6 Å². The number of nitrogens with one attached hydrogen (secondary N) is 1. The van der Waals surface area contributed by atoms with Crippen molar-refractivity contribution in [2.45, 2.75) is 31.2 Å². The second-order valence-electron chi connectivity index (χ2n) is 5.26. The molecule has 3 rings (SSSR count). The van der Waals surface area contributed by atoms with Crippen LogP contribution in [0.4, 0.5) is 0 Å². The first-order valence-corrected chi connectivity index (χ1v) is 7.17. The van der Waals surface area contributed by atoms with Gasteiger partial charge < -0.3 is 20.3 Å². The molecular formula is C14H18N4O4. The molecule has 0 unspecified atom stereocenters. The van der Waals surface area contributed by atoms with Gasteiger partial charge in [-0.05, 0) is 18.6 Å². The highest BCUT2D eigenvalue weighted by molar-refractivity contribution is 5.77. The fourth-order valence-corrected chi connectivity index (χ4v) is 2.55. The van der Waals surface area contributed by atoms with Gasteiger partial charge in [0.25, 0.3) is 0 Å². The summed E-state index contributed by atoms with van der Waals surface area (Å²) in [6.45, 7) is 0.0827. The SMILES string of the molecule is O=C(Cn1nc2ccccc2n1)N[C@H]1CCO[C@H](CO)[C@H]1O. The lowest BCUT2D eigenvalue weighted by atomic mass is 10.00. The summed E-state index contributed by atoms with van der Waals surface area (Å²) in [5.41, 5.74) is 1.45. The minimum atomic E-state index is -0.924. The minimum Gasteiger partial charge on any atom is -0.394 e. The fourth-order valence-electron chi connectivity index (χ4n) is 2.55. The molecule has 1 aliphatic heterocycles. The van der Waals surface area contributed by atoms with Crippen molar-refractivity contribution in [3.05, 3.63) is 24.3 Å². The van der Waals surface area contributed by atoms with Crippen molar-refractivity contribution in [3.63, 3.8) is 0 Å². The number of hydrogen-bond acceptors (Lipinski definition) is 6. The quantitative estimate of drug-likeness (QED) is 0.672. The second-order valence-corrected chi connectivity index (χ2v) is 5.26. The summed E-state index contributed by atoms with van der Waals surface area (Å²) in [4.78, 5) is 13.4. The van der Waals surface area contributed by atoms with Gasteiger partial charge in [-0.15, -0.1) is 0 Å². The molecule has 0 saturated carbocycles. The van der Waals surface area contributed by atoms with Crippen molar-refractivity contribution in [1.82, 2.24) is 20.3 Å². The summed E-state index contributed by atoms with van der Waals surface area (Å²) in [5, 5.41) is 30.3. The zero-order valence-electron chi connectivity index (χ0n) is 11.9. The van der Waals surface area contributed by atoms with Gasteiger partial charge in [-0.1, -0.05) is 12.1 Å². The highest BCUT2D eigenvalue weighted by atomic mass is 16.5. The Balaban J connectivity index is 1.62. The molecule has 1 amide bonds. The Morgan fingerprint density at radius 2 is 2.05 bits per heavy atom. The van der Waals surface area contributed by atoms with Gasteiger partial charge in [-0.3, -0.25) is 4.79 Å². The van der Waals surface area contributed by atoms with E-state index in [4.69, 9.17) is 9.84 Å². The van der Waals surface area contributed by atoms with Crippen molar-refractivity contribution in [2.24, 2.45) is 0 Å². The van der Waals surface area contributed by atoms with E-state index in [1.165, 1.54) is 4.80 Å². The summed E-state index contributed by atoms with van der Waals surface area (Å²) in [5.74, 6) is -0.289. The van der Waals surface area contributed by atoms with Gasteiger partial charge in [-0.2, -0.15) is 15.0 Å². The van der Waals surface area contributed by atoms with E-state index in [0.29, 0.717) is 13.0 Å². The van der Waals surface area contributed by atoms with Crippen molar-refractivity contribution >= 4 is 16.9 Å². The van der Waals surface area contributed by atoms with E-state index < -0.39 is 18.2 Å². The third-order valence-electron chi connectivity index (χ3n) is 3.69. The number of fused-ring (bicyclic) bond motifs is 1. The second kappa shape index (κ2) is 6.39. The van der Waals surface area contributed by atoms with Gasteiger partial charge in [0.2, 0.25) is 5.91 Å². The van der Waals surface area contributed by atoms with E-state index in [1.54, 1.807) is 0 Å². The number of amides is 1. The van der Waals surface area contributed by atoms with Crippen LogP contribution >= 0.6 is 0 Å². The van der Waals surface area contributed by atoms with E-state index >= 15 is 0 Å². The molecule has 2 aromatic rings. The van der Waals surface area contributed by atoms with E-state index in [2.05, 4.69) is 15.5 Å². The Hall–Kier alpha value is -2.03. The van der Waals surface area contributed by atoms with Crippen LogP contribution in [0, 0.1) is 0 Å². The first-order chi connectivity index (χ1) is 10.7. The number of aromatic nitrogens is 3. The monoisotopic (exact) mass is 306 g/mol. The van der Waals surface area contributed by atoms with Crippen LogP contribution < -0.4 is 5.32 Å². The minimum absolute atomic E-state index is 0.0252. The molecule has 8 heteroatoms. The van der Waals surface area contributed by atoms with Crippen molar-refractivity contribution in [1.29, 1.82) is 0 Å². The van der Waals surface area contributed by atoms with Crippen LogP contribution in [0.1, 0.15) is 6.42 Å². The van der Waals surface area contributed by atoms with E-state index in [1.807, 2.05) is 24.3 Å². The Bertz CT molecular complexity index is 626. The number of rotatable bonds is 4. The average Bonchev–Trinajstić information content (AvgIpc) is 2.91. The molecule has 1 aromatic heterocycles. The summed E-state index contributed by atoms with van der Waals surface area (Å²) < 4.78 is 5.23. The van der Waals surface area contributed by atoms with Crippen molar-refractivity contribution in [3.8, 4) is 0 Å². The number of benzene rings is 1. The highest BCUT2D eigenvalue weighted by Gasteiger charge is 2.33. The maximum atomic E-state index is 12.1.